The van der Waals surface area contributed by atoms with Crippen molar-refractivity contribution < 1.29 is 28.6 Å². The van der Waals surface area contributed by atoms with Crippen molar-refractivity contribution in [2.75, 3.05) is 13.2 Å². The van der Waals surface area contributed by atoms with E-state index in [-0.39, 0.29) is 31.1 Å². The number of ether oxygens (including phenoxy) is 3. The molecule has 6 heteroatoms. The summed E-state index contributed by atoms with van der Waals surface area (Å²) in [5, 5.41) is 0. The number of carbonyl (C=O) groups excluding carboxylic acids is 3. The van der Waals surface area contributed by atoms with Crippen LogP contribution in [0.2, 0.25) is 0 Å². The van der Waals surface area contributed by atoms with Crippen LogP contribution in [0.3, 0.4) is 0 Å². The van der Waals surface area contributed by atoms with Crippen LogP contribution in [0.5, 0.6) is 0 Å². The van der Waals surface area contributed by atoms with Crippen molar-refractivity contribution in [1.29, 1.82) is 0 Å². The molecule has 0 N–H and O–H groups in total. The van der Waals surface area contributed by atoms with Gasteiger partial charge < -0.3 is 14.2 Å². The van der Waals surface area contributed by atoms with E-state index < -0.39 is 6.10 Å². The smallest absolute Gasteiger partial charge is 0.306 e. The van der Waals surface area contributed by atoms with Crippen molar-refractivity contribution in [3.63, 3.8) is 0 Å². The Balaban J connectivity index is 4.35. The van der Waals surface area contributed by atoms with E-state index in [0.717, 1.165) is 161 Å². The largest absolute Gasteiger partial charge is 0.462 e. The van der Waals surface area contributed by atoms with Gasteiger partial charge in [-0.25, -0.2) is 0 Å². The number of esters is 3. The first-order chi connectivity index (χ1) is 40.5. The summed E-state index contributed by atoms with van der Waals surface area (Å²) in [7, 11) is 0. The fourth-order valence-electron chi connectivity index (χ4n) is 9.29. The number of rotatable bonds is 61. The van der Waals surface area contributed by atoms with Crippen molar-refractivity contribution in [3.05, 3.63) is 134 Å². The van der Waals surface area contributed by atoms with Crippen LogP contribution < -0.4 is 0 Å². The molecule has 0 radical (unpaired) electrons. The maximum Gasteiger partial charge on any atom is 0.306 e. The molecule has 82 heavy (non-hydrogen) atoms. The van der Waals surface area contributed by atoms with Gasteiger partial charge >= 0.3 is 17.9 Å². The topological polar surface area (TPSA) is 78.9 Å². The van der Waals surface area contributed by atoms with Gasteiger partial charge in [0.1, 0.15) is 13.2 Å². The van der Waals surface area contributed by atoms with E-state index in [1.54, 1.807) is 0 Å². The first kappa shape index (κ1) is 77.5. The van der Waals surface area contributed by atoms with Gasteiger partial charge in [-0.05, 0) is 122 Å². The minimum absolute atomic E-state index is 0.0918. The predicted octanol–water partition coefficient (Wildman–Crippen LogP) is 23.7. The summed E-state index contributed by atoms with van der Waals surface area (Å²) in [4.78, 5) is 38.4. The Morgan fingerprint density at radius 3 is 0.768 bits per heavy atom. The van der Waals surface area contributed by atoms with Crippen LogP contribution in [0.1, 0.15) is 310 Å². The molecule has 0 saturated heterocycles. The van der Waals surface area contributed by atoms with Gasteiger partial charge in [0.15, 0.2) is 6.10 Å². The van der Waals surface area contributed by atoms with Gasteiger partial charge in [0.25, 0.3) is 0 Å². The van der Waals surface area contributed by atoms with E-state index in [1.165, 1.54) is 109 Å². The van der Waals surface area contributed by atoms with Gasteiger partial charge in [-0.3, -0.25) is 14.4 Å². The molecule has 0 aliphatic carbocycles. The number of hydrogen-bond donors (Lipinski definition) is 0. The molecule has 0 saturated carbocycles. The molecule has 0 aromatic rings. The Hall–Kier alpha value is -4.45. The average molecular weight is 1140 g/mol. The molecular weight excluding hydrogens is 1010 g/mol. The Labute approximate surface area is 506 Å². The second kappa shape index (κ2) is 69.0. The lowest BCUT2D eigenvalue weighted by Gasteiger charge is -2.18. The summed E-state index contributed by atoms with van der Waals surface area (Å²) < 4.78 is 16.9. The van der Waals surface area contributed by atoms with Crippen molar-refractivity contribution in [3.8, 4) is 0 Å². The summed E-state index contributed by atoms with van der Waals surface area (Å²) >= 11 is 0. The molecule has 0 aromatic heterocycles. The second-order valence-electron chi connectivity index (χ2n) is 22.4. The van der Waals surface area contributed by atoms with Gasteiger partial charge in [-0.1, -0.05) is 302 Å². The zero-order chi connectivity index (χ0) is 59.2. The molecule has 0 amide bonds. The van der Waals surface area contributed by atoms with Crippen LogP contribution in [0.15, 0.2) is 134 Å². The van der Waals surface area contributed by atoms with E-state index in [4.69, 9.17) is 14.2 Å². The van der Waals surface area contributed by atoms with Crippen molar-refractivity contribution in [2.24, 2.45) is 0 Å². The van der Waals surface area contributed by atoms with Gasteiger partial charge in [0.2, 0.25) is 0 Å². The number of carbonyl (C=O) groups is 3. The first-order valence-corrected chi connectivity index (χ1v) is 34.2. The minimum atomic E-state index is -0.795. The fourth-order valence-corrected chi connectivity index (χ4v) is 9.29. The number of hydrogen-bond acceptors (Lipinski definition) is 6. The Kier molecular flexibility index (Phi) is 65.3. The molecule has 0 rings (SSSR count). The number of allylic oxidation sites excluding steroid dienone is 22. The van der Waals surface area contributed by atoms with Crippen molar-refractivity contribution in [2.45, 2.75) is 316 Å². The average Bonchev–Trinajstić information content (AvgIpc) is 3.47. The molecule has 1 atom stereocenters. The molecule has 0 fully saturated rings. The molecule has 0 aliphatic heterocycles. The molecule has 0 aromatic carbocycles. The molecule has 0 heterocycles. The third-order valence-electron chi connectivity index (χ3n) is 14.4. The third-order valence-corrected chi connectivity index (χ3v) is 14.4. The zero-order valence-corrected chi connectivity index (χ0v) is 53.5. The molecule has 0 spiro atoms. The molecule has 466 valence electrons. The highest BCUT2D eigenvalue weighted by molar-refractivity contribution is 5.71. The van der Waals surface area contributed by atoms with E-state index in [1.807, 2.05) is 0 Å². The second-order valence-corrected chi connectivity index (χ2v) is 22.4. The normalized spacial score (nSPS) is 13.0. The Bertz CT molecular complexity index is 1730. The van der Waals surface area contributed by atoms with Crippen LogP contribution in [0.25, 0.3) is 0 Å². The lowest BCUT2D eigenvalue weighted by atomic mass is 10.0. The van der Waals surface area contributed by atoms with Crippen LogP contribution >= 0.6 is 0 Å². The first-order valence-electron chi connectivity index (χ1n) is 34.2. The summed E-state index contributed by atoms with van der Waals surface area (Å²) in [5.74, 6) is -0.916. The highest BCUT2D eigenvalue weighted by atomic mass is 16.6. The number of unbranched alkanes of at least 4 members (excludes halogenated alkanes) is 28. The predicted molar refractivity (Wildman–Crippen MR) is 357 cm³/mol. The molecule has 0 bridgehead atoms. The monoisotopic (exact) mass is 1130 g/mol. The lowest BCUT2D eigenvalue weighted by Crippen LogP contribution is -2.30. The highest BCUT2D eigenvalue weighted by Gasteiger charge is 2.19. The molecule has 1 unspecified atom stereocenters. The minimum Gasteiger partial charge on any atom is -0.462 e. The van der Waals surface area contributed by atoms with E-state index in [0.29, 0.717) is 19.3 Å². The summed E-state index contributed by atoms with van der Waals surface area (Å²) in [6.45, 7) is 6.49. The Morgan fingerprint density at radius 1 is 0.256 bits per heavy atom. The van der Waals surface area contributed by atoms with Crippen LogP contribution in [-0.4, -0.2) is 37.2 Å². The van der Waals surface area contributed by atoms with Crippen molar-refractivity contribution in [1.82, 2.24) is 0 Å². The van der Waals surface area contributed by atoms with Gasteiger partial charge in [0, 0.05) is 19.3 Å². The van der Waals surface area contributed by atoms with Crippen molar-refractivity contribution >= 4 is 17.9 Å². The fraction of sp³-hybridized carbons (Fsp3) is 0.671. The quantitative estimate of drug-likeness (QED) is 0.0261. The molecular formula is C76H126O6. The van der Waals surface area contributed by atoms with E-state index in [2.05, 4.69) is 154 Å². The van der Waals surface area contributed by atoms with Crippen LogP contribution in [0.4, 0.5) is 0 Å². The summed E-state index contributed by atoms with van der Waals surface area (Å²) in [5.41, 5.74) is 0. The van der Waals surface area contributed by atoms with Gasteiger partial charge in [0.05, 0.1) is 0 Å². The highest BCUT2D eigenvalue weighted by Crippen LogP contribution is 2.16. The maximum absolute atomic E-state index is 12.9. The summed E-state index contributed by atoms with van der Waals surface area (Å²) in [6, 6.07) is 0. The van der Waals surface area contributed by atoms with E-state index in [9.17, 15) is 14.4 Å². The van der Waals surface area contributed by atoms with Crippen LogP contribution in [-0.2, 0) is 28.6 Å². The van der Waals surface area contributed by atoms with E-state index >= 15 is 0 Å². The molecule has 6 nitrogen and oxygen atoms in total. The maximum atomic E-state index is 12.9. The SMILES string of the molecule is CC/C=C\C/C=C\C/C=C\C/C=C\C/C=C\C/C=C\C/C=C\C/C=C\C/C=C\CCCCCCCC(=O)OCC(COC(=O)CCCCCCC/C=C\C/C=C\CCCCC)OC(=O)CCCCCCCCCCCCCCCCCC. The third kappa shape index (κ3) is 66.4. The summed E-state index contributed by atoms with van der Waals surface area (Å²) in [6.07, 6.45) is 97.5. The zero-order valence-electron chi connectivity index (χ0n) is 53.5. The molecule has 0 aliphatic rings. The van der Waals surface area contributed by atoms with Gasteiger partial charge in [-0.2, -0.15) is 0 Å². The standard InChI is InChI=1S/C76H126O6/c1-4-7-10-13-16-19-22-25-28-30-31-32-33-34-35-36-37-38-39-40-41-42-43-44-45-46-49-51-54-57-60-63-66-69-75(78)81-72-73(71-80-74(77)68-65-62-59-56-53-50-47-27-24-21-18-15-12-9-6-3)82-76(79)70-67-64-61-58-55-52-48-29-26-23-20-17-14-11-8-5-2/h7,10,16,18-19,21,25,27-28,31-32,34-35,37-38,40-41,43-44,46-47,49,73H,4-6,8-9,11-15,17,20,22-24,26,29-30,33,36,39,42,45,48,50-72H2,1-3H3/b10-7-,19-16-,21-18-,28-25-,32-31-,35-34-,38-37-,41-40-,44-43-,47-27-,49-46-. The van der Waals surface area contributed by atoms with Crippen LogP contribution in [0, 0.1) is 0 Å². The Morgan fingerprint density at radius 2 is 0.476 bits per heavy atom. The lowest BCUT2D eigenvalue weighted by molar-refractivity contribution is -0.167. The van der Waals surface area contributed by atoms with Gasteiger partial charge in [-0.15, -0.1) is 0 Å².